The van der Waals surface area contributed by atoms with Crippen LogP contribution in [0.25, 0.3) is 0 Å². The Hall–Kier alpha value is -1.49. The van der Waals surface area contributed by atoms with Gasteiger partial charge in [-0.05, 0) is 13.8 Å². The predicted octanol–water partition coefficient (Wildman–Crippen LogP) is 0.470. The maximum atomic E-state index is 11.7. The van der Waals surface area contributed by atoms with Crippen LogP contribution < -0.4 is 5.32 Å². The number of ether oxygens (including phenoxy) is 1. The van der Waals surface area contributed by atoms with E-state index in [4.69, 9.17) is 4.74 Å². The summed E-state index contributed by atoms with van der Waals surface area (Å²) in [7, 11) is 1.59. The molecule has 0 saturated heterocycles. The van der Waals surface area contributed by atoms with Gasteiger partial charge in [0.1, 0.15) is 6.33 Å². The molecule has 15 heavy (non-hydrogen) atoms. The van der Waals surface area contributed by atoms with Gasteiger partial charge in [-0.3, -0.25) is 4.79 Å². The van der Waals surface area contributed by atoms with E-state index in [-0.39, 0.29) is 5.91 Å². The van der Waals surface area contributed by atoms with Crippen molar-refractivity contribution in [1.82, 2.24) is 15.3 Å². The fourth-order valence-corrected chi connectivity index (χ4v) is 1.28. The number of carbonyl (C=O) groups is 1. The van der Waals surface area contributed by atoms with E-state index in [0.717, 1.165) is 0 Å². The molecule has 1 heterocycles. The fraction of sp³-hybridized carbons (Fsp3) is 0.500. The van der Waals surface area contributed by atoms with Gasteiger partial charge in [0.05, 0.1) is 23.6 Å². The number of aryl methyl sites for hydroxylation is 2. The average molecular weight is 209 g/mol. The van der Waals surface area contributed by atoms with E-state index < -0.39 is 0 Å². The maximum absolute atomic E-state index is 11.7. The fourth-order valence-electron chi connectivity index (χ4n) is 1.28. The molecule has 1 N–H and O–H groups in total. The Bertz CT molecular complexity index is 332. The molecule has 0 aliphatic rings. The lowest BCUT2D eigenvalue weighted by molar-refractivity contribution is 0.0935. The summed E-state index contributed by atoms with van der Waals surface area (Å²) in [5, 5.41) is 2.74. The largest absolute Gasteiger partial charge is 0.383 e. The molecule has 0 spiro atoms. The van der Waals surface area contributed by atoms with Crippen LogP contribution in [0.2, 0.25) is 0 Å². The van der Waals surface area contributed by atoms with Gasteiger partial charge < -0.3 is 10.1 Å². The molecular formula is C10H15N3O2. The highest BCUT2D eigenvalue weighted by Gasteiger charge is 2.12. The maximum Gasteiger partial charge on any atom is 0.255 e. The summed E-state index contributed by atoms with van der Waals surface area (Å²) < 4.78 is 4.84. The van der Waals surface area contributed by atoms with Crippen molar-refractivity contribution in [3.8, 4) is 0 Å². The van der Waals surface area contributed by atoms with E-state index >= 15 is 0 Å². The van der Waals surface area contributed by atoms with E-state index in [1.165, 1.54) is 6.33 Å². The molecule has 1 amide bonds. The summed E-state index contributed by atoms with van der Waals surface area (Å²) in [6.45, 7) is 4.57. The predicted molar refractivity (Wildman–Crippen MR) is 55.7 cm³/mol. The number of aromatic nitrogens is 2. The Morgan fingerprint density at radius 2 is 2.00 bits per heavy atom. The lowest BCUT2D eigenvalue weighted by Gasteiger charge is -2.08. The highest BCUT2D eigenvalue weighted by molar-refractivity contribution is 5.96. The van der Waals surface area contributed by atoms with Crippen LogP contribution in [0, 0.1) is 13.8 Å². The van der Waals surface area contributed by atoms with Crippen molar-refractivity contribution in [1.29, 1.82) is 0 Å². The molecule has 0 atom stereocenters. The van der Waals surface area contributed by atoms with Gasteiger partial charge in [-0.1, -0.05) is 0 Å². The monoisotopic (exact) mass is 209 g/mol. The smallest absolute Gasteiger partial charge is 0.255 e. The van der Waals surface area contributed by atoms with Crippen LogP contribution in [-0.4, -0.2) is 36.1 Å². The number of amides is 1. The van der Waals surface area contributed by atoms with Gasteiger partial charge in [-0.2, -0.15) is 0 Å². The molecule has 0 saturated carbocycles. The van der Waals surface area contributed by atoms with Crippen molar-refractivity contribution >= 4 is 5.91 Å². The first kappa shape index (κ1) is 11.6. The number of carbonyl (C=O) groups excluding carboxylic acids is 1. The highest BCUT2D eigenvalue weighted by atomic mass is 16.5. The molecule has 0 fully saturated rings. The van der Waals surface area contributed by atoms with Gasteiger partial charge in [-0.15, -0.1) is 0 Å². The summed E-state index contributed by atoms with van der Waals surface area (Å²) in [4.78, 5) is 19.7. The topological polar surface area (TPSA) is 64.1 Å². The molecule has 0 aromatic carbocycles. The highest BCUT2D eigenvalue weighted by Crippen LogP contribution is 2.07. The van der Waals surface area contributed by atoms with Gasteiger partial charge in [0.2, 0.25) is 0 Å². The van der Waals surface area contributed by atoms with Gasteiger partial charge in [0.25, 0.3) is 5.91 Å². The average Bonchev–Trinajstić information content (AvgIpc) is 2.18. The van der Waals surface area contributed by atoms with Crippen LogP contribution in [0.5, 0.6) is 0 Å². The lowest BCUT2D eigenvalue weighted by Crippen LogP contribution is -2.28. The number of nitrogens with one attached hydrogen (secondary N) is 1. The molecular weight excluding hydrogens is 194 g/mol. The molecule has 0 bridgehead atoms. The van der Waals surface area contributed by atoms with Crippen molar-refractivity contribution in [2.75, 3.05) is 20.3 Å². The third kappa shape index (κ3) is 2.99. The van der Waals surface area contributed by atoms with Gasteiger partial charge in [0, 0.05) is 13.7 Å². The second-order valence-corrected chi connectivity index (χ2v) is 3.17. The van der Waals surface area contributed by atoms with Crippen molar-refractivity contribution in [2.45, 2.75) is 13.8 Å². The van der Waals surface area contributed by atoms with E-state index in [0.29, 0.717) is 30.1 Å². The van der Waals surface area contributed by atoms with Crippen LogP contribution in [0.15, 0.2) is 6.33 Å². The number of hydrogen-bond acceptors (Lipinski definition) is 4. The molecule has 0 aliphatic heterocycles. The minimum Gasteiger partial charge on any atom is -0.383 e. The van der Waals surface area contributed by atoms with Crippen LogP contribution in [0.4, 0.5) is 0 Å². The van der Waals surface area contributed by atoms with Gasteiger partial charge in [0.15, 0.2) is 0 Å². The SMILES string of the molecule is COCCNC(=O)c1c(C)ncnc1C. The molecule has 5 heteroatoms. The molecule has 0 aliphatic carbocycles. The number of hydrogen-bond donors (Lipinski definition) is 1. The molecule has 1 aromatic heterocycles. The molecule has 82 valence electrons. The third-order valence-electron chi connectivity index (χ3n) is 2.05. The van der Waals surface area contributed by atoms with Crippen molar-refractivity contribution in [3.63, 3.8) is 0 Å². The summed E-state index contributed by atoms with van der Waals surface area (Å²) in [6, 6.07) is 0. The third-order valence-corrected chi connectivity index (χ3v) is 2.05. The van der Waals surface area contributed by atoms with Crippen LogP contribution in [-0.2, 0) is 4.74 Å². The zero-order valence-corrected chi connectivity index (χ0v) is 9.20. The molecule has 0 unspecified atom stereocenters. The van der Waals surface area contributed by atoms with Crippen molar-refractivity contribution < 1.29 is 9.53 Å². The Morgan fingerprint density at radius 1 is 1.40 bits per heavy atom. The summed E-state index contributed by atoms with van der Waals surface area (Å²) in [5.74, 6) is -0.150. The molecule has 0 radical (unpaired) electrons. The van der Waals surface area contributed by atoms with Crippen LogP contribution >= 0.6 is 0 Å². The first-order valence-electron chi connectivity index (χ1n) is 4.72. The van der Waals surface area contributed by atoms with Crippen LogP contribution in [0.1, 0.15) is 21.7 Å². The van der Waals surface area contributed by atoms with Gasteiger partial charge in [-0.25, -0.2) is 9.97 Å². The molecule has 1 aromatic rings. The van der Waals surface area contributed by atoms with Crippen molar-refractivity contribution in [3.05, 3.63) is 23.3 Å². The second-order valence-electron chi connectivity index (χ2n) is 3.17. The first-order chi connectivity index (χ1) is 7.16. The van der Waals surface area contributed by atoms with Crippen LogP contribution in [0.3, 0.4) is 0 Å². The van der Waals surface area contributed by atoms with E-state index in [2.05, 4.69) is 15.3 Å². The standard InChI is InChI=1S/C10H15N3O2/c1-7-9(8(2)13-6-12-7)10(14)11-4-5-15-3/h6H,4-5H2,1-3H3,(H,11,14). The summed E-state index contributed by atoms with van der Waals surface area (Å²) in [6.07, 6.45) is 1.45. The quantitative estimate of drug-likeness (QED) is 0.732. The lowest BCUT2D eigenvalue weighted by atomic mass is 10.1. The summed E-state index contributed by atoms with van der Waals surface area (Å²) >= 11 is 0. The van der Waals surface area contributed by atoms with E-state index in [9.17, 15) is 4.79 Å². The van der Waals surface area contributed by atoms with Gasteiger partial charge >= 0.3 is 0 Å². The number of rotatable bonds is 4. The Balaban J connectivity index is 2.73. The van der Waals surface area contributed by atoms with E-state index in [1.807, 2.05) is 0 Å². The number of methoxy groups -OCH3 is 1. The Labute approximate surface area is 88.9 Å². The molecule has 5 nitrogen and oxygen atoms in total. The zero-order valence-electron chi connectivity index (χ0n) is 9.20. The Morgan fingerprint density at radius 3 is 2.53 bits per heavy atom. The van der Waals surface area contributed by atoms with E-state index in [1.54, 1.807) is 21.0 Å². The summed E-state index contributed by atoms with van der Waals surface area (Å²) in [5.41, 5.74) is 1.93. The Kier molecular flexibility index (Phi) is 4.17. The van der Waals surface area contributed by atoms with Crippen molar-refractivity contribution in [2.24, 2.45) is 0 Å². The second kappa shape index (κ2) is 5.41. The zero-order chi connectivity index (χ0) is 11.3. The minimum absolute atomic E-state index is 0.150. The normalized spacial score (nSPS) is 10.1. The number of nitrogens with zero attached hydrogens (tertiary/aromatic N) is 2. The first-order valence-corrected chi connectivity index (χ1v) is 4.72. The molecule has 1 rings (SSSR count). The minimum atomic E-state index is -0.150.